The summed E-state index contributed by atoms with van der Waals surface area (Å²) >= 11 is 0. The van der Waals surface area contributed by atoms with Crippen molar-refractivity contribution in [1.82, 2.24) is 5.32 Å². The lowest BCUT2D eigenvalue weighted by molar-refractivity contribution is -0.119. The lowest BCUT2D eigenvalue weighted by Crippen LogP contribution is -2.40. The smallest absolute Gasteiger partial charge is 0.240 e. The first-order valence-electron chi connectivity index (χ1n) is 10.3. The Morgan fingerprint density at radius 2 is 1.70 bits per heavy atom. The van der Waals surface area contributed by atoms with Crippen molar-refractivity contribution >= 4 is 21.6 Å². The average Bonchev–Trinajstić information content (AvgIpc) is 2.70. The molecule has 0 aliphatic heterocycles. The van der Waals surface area contributed by atoms with Crippen LogP contribution in [0, 0.1) is 0 Å². The van der Waals surface area contributed by atoms with E-state index in [1.165, 1.54) is 0 Å². The number of nitrogens with zero attached hydrogens (tertiary/aromatic N) is 1. The monoisotopic (exact) mass is 432 g/mol. The summed E-state index contributed by atoms with van der Waals surface area (Å²) in [7, 11) is -3.57. The van der Waals surface area contributed by atoms with E-state index in [2.05, 4.69) is 19.2 Å². The van der Waals surface area contributed by atoms with Crippen LogP contribution in [-0.4, -0.2) is 40.3 Å². The van der Waals surface area contributed by atoms with Crippen LogP contribution in [0.1, 0.15) is 44.2 Å². The standard InChI is InChI=1S/C23H32N2O4S/c1-5-29-22-14-8-19(9-15-22)7-6-16-24-23(26)17-25(30(4,27)28)21-12-10-20(11-13-21)18(2)3/h8-15,18H,5-7,16-17H2,1-4H3,(H,24,26). The molecule has 0 aliphatic rings. The highest BCUT2D eigenvalue weighted by molar-refractivity contribution is 7.92. The zero-order valence-corrected chi connectivity index (χ0v) is 19.0. The molecule has 0 heterocycles. The molecule has 0 saturated carbocycles. The normalized spacial score (nSPS) is 11.4. The van der Waals surface area contributed by atoms with Gasteiger partial charge in [-0.2, -0.15) is 0 Å². The molecule has 0 saturated heterocycles. The van der Waals surface area contributed by atoms with Gasteiger partial charge in [0.15, 0.2) is 0 Å². The molecule has 1 amide bonds. The van der Waals surface area contributed by atoms with E-state index in [9.17, 15) is 13.2 Å². The van der Waals surface area contributed by atoms with Gasteiger partial charge in [0.1, 0.15) is 12.3 Å². The number of benzene rings is 2. The van der Waals surface area contributed by atoms with Gasteiger partial charge in [-0.15, -0.1) is 0 Å². The van der Waals surface area contributed by atoms with Crippen molar-refractivity contribution in [3.8, 4) is 5.75 Å². The van der Waals surface area contributed by atoms with Gasteiger partial charge in [0.05, 0.1) is 18.6 Å². The lowest BCUT2D eigenvalue weighted by atomic mass is 10.0. The van der Waals surface area contributed by atoms with Crippen molar-refractivity contribution in [3.05, 3.63) is 59.7 Å². The minimum absolute atomic E-state index is 0.233. The Hall–Kier alpha value is -2.54. The highest BCUT2D eigenvalue weighted by Gasteiger charge is 2.20. The van der Waals surface area contributed by atoms with Crippen LogP contribution in [0.4, 0.5) is 5.69 Å². The van der Waals surface area contributed by atoms with E-state index in [1.807, 2.05) is 43.3 Å². The Labute approximate surface area is 180 Å². The summed E-state index contributed by atoms with van der Waals surface area (Å²) in [6.45, 7) is 6.98. The molecule has 7 heteroatoms. The molecular weight excluding hydrogens is 400 g/mol. The van der Waals surface area contributed by atoms with Crippen LogP contribution in [0.15, 0.2) is 48.5 Å². The summed E-state index contributed by atoms with van der Waals surface area (Å²) < 4.78 is 31.0. The topological polar surface area (TPSA) is 75.7 Å². The largest absolute Gasteiger partial charge is 0.494 e. The Balaban J connectivity index is 1.87. The summed E-state index contributed by atoms with van der Waals surface area (Å²) in [6, 6.07) is 15.2. The summed E-state index contributed by atoms with van der Waals surface area (Å²) in [6.07, 6.45) is 2.70. The molecule has 6 nitrogen and oxygen atoms in total. The van der Waals surface area contributed by atoms with E-state index >= 15 is 0 Å². The van der Waals surface area contributed by atoms with E-state index in [-0.39, 0.29) is 12.5 Å². The van der Waals surface area contributed by atoms with Gasteiger partial charge in [0.2, 0.25) is 15.9 Å². The van der Waals surface area contributed by atoms with E-state index in [0.717, 1.165) is 40.3 Å². The van der Waals surface area contributed by atoms with Crippen molar-refractivity contribution in [1.29, 1.82) is 0 Å². The van der Waals surface area contributed by atoms with E-state index < -0.39 is 10.0 Å². The SMILES string of the molecule is CCOc1ccc(CCCNC(=O)CN(c2ccc(C(C)C)cc2)S(C)(=O)=O)cc1. The minimum Gasteiger partial charge on any atom is -0.494 e. The van der Waals surface area contributed by atoms with Crippen LogP contribution >= 0.6 is 0 Å². The quantitative estimate of drug-likeness (QED) is 0.549. The van der Waals surface area contributed by atoms with Gasteiger partial charge in [0.25, 0.3) is 0 Å². The highest BCUT2D eigenvalue weighted by Crippen LogP contribution is 2.21. The molecule has 0 unspecified atom stereocenters. The molecule has 0 aromatic heterocycles. The molecule has 2 aromatic rings. The van der Waals surface area contributed by atoms with Crippen molar-refractivity contribution < 1.29 is 17.9 Å². The van der Waals surface area contributed by atoms with Crippen LogP contribution in [-0.2, 0) is 21.2 Å². The number of nitrogens with one attached hydrogen (secondary N) is 1. The molecule has 2 rings (SSSR count). The van der Waals surface area contributed by atoms with Crippen LogP contribution < -0.4 is 14.4 Å². The molecule has 0 aliphatic carbocycles. The van der Waals surface area contributed by atoms with Gasteiger partial charge in [-0.25, -0.2) is 8.42 Å². The zero-order valence-electron chi connectivity index (χ0n) is 18.2. The molecule has 164 valence electrons. The van der Waals surface area contributed by atoms with Crippen LogP contribution in [0.3, 0.4) is 0 Å². The Kier molecular flexibility index (Phi) is 8.72. The van der Waals surface area contributed by atoms with Crippen molar-refractivity contribution in [3.63, 3.8) is 0 Å². The fourth-order valence-electron chi connectivity index (χ4n) is 3.05. The maximum Gasteiger partial charge on any atom is 0.240 e. The first-order chi connectivity index (χ1) is 14.2. The summed E-state index contributed by atoms with van der Waals surface area (Å²) in [5.74, 6) is 0.876. The van der Waals surface area contributed by atoms with Gasteiger partial charge in [-0.05, 0) is 61.1 Å². The molecule has 0 spiro atoms. The Morgan fingerprint density at radius 3 is 2.23 bits per heavy atom. The number of carbonyl (C=O) groups excluding carboxylic acids is 1. The van der Waals surface area contributed by atoms with Crippen LogP contribution in [0.2, 0.25) is 0 Å². The molecule has 0 bridgehead atoms. The van der Waals surface area contributed by atoms with Gasteiger partial charge in [-0.3, -0.25) is 9.10 Å². The maximum atomic E-state index is 12.3. The van der Waals surface area contributed by atoms with E-state index in [0.29, 0.717) is 24.8 Å². The average molecular weight is 433 g/mol. The molecule has 30 heavy (non-hydrogen) atoms. The number of rotatable bonds is 11. The highest BCUT2D eigenvalue weighted by atomic mass is 32.2. The predicted octanol–water partition coefficient (Wildman–Crippen LogP) is 3.72. The minimum atomic E-state index is -3.57. The van der Waals surface area contributed by atoms with Crippen molar-refractivity contribution in [2.75, 3.05) is 30.3 Å². The molecule has 2 aromatic carbocycles. The molecule has 0 atom stereocenters. The zero-order chi connectivity index (χ0) is 22.1. The lowest BCUT2D eigenvalue weighted by Gasteiger charge is -2.22. The summed E-state index contributed by atoms with van der Waals surface area (Å²) in [5.41, 5.74) is 2.77. The fourth-order valence-corrected chi connectivity index (χ4v) is 3.91. The van der Waals surface area contributed by atoms with E-state index in [4.69, 9.17) is 4.74 Å². The number of carbonyl (C=O) groups is 1. The second kappa shape index (κ2) is 11.0. The number of hydrogen-bond acceptors (Lipinski definition) is 4. The second-order valence-corrected chi connectivity index (χ2v) is 9.45. The van der Waals surface area contributed by atoms with Gasteiger partial charge in [0, 0.05) is 6.54 Å². The maximum absolute atomic E-state index is 12.3. The predicted molar refractivity (Wildman–Crippen MR) is 122 cm³/mol. The van der Waals surface area contributed by atoms with Crippen LogP contribution in [0.5, 0.6) is 5.75 Å². The third kappa shape index (κ3) is 7.37. The Morgan fingerprint density at radius 1 is 1.07 bits per heavy atom. The summed E-state index contributed by atoms with van der Waals surface area (Å²) in [5, 5.41) is 2.82. The third-order valence-electron chi connectivity index (χ3n) is 4.73. The van der Waals surface area contributed by atoms with Crippen molar-refractivity contribution in [2.24, 2.45) is 0 Å². The Bertz CT molecular complexity index is 907. The van der Waals surface area contributed by atoms with Gasteiger partial charge >= 0.3 is 0 Å². The fraction of sp³-hybridized carbons (Fsp3) is 0.435. The molecular formula is C23H32N2O4S. The van der Waals surface area contributed by atoms with Crippen LogP contribution in [0.25, 0.3) is 0 Å². The number of aryl methyl sites for hydroxylation is 1. The van der Waals surface area contributed by atoms with E-state index in [1.54, 1.807) is 12.1 Å². The molecule has 1 N–H and O–H groups in total. The first kappa shape index (κ1) is 23.7. The third-order valence-corrected chi connectivity index (χ3v) is 5.87. The number of ether oxygens (including phenoxy) is 1. The second-order valence-electron chi connectivity index (χ2n) is 7.55. The number of hydrogen-bond donors (Lipinski definition) is 1. The first-order valence-corrected chi connectivity index (χ1v) is 12.1. The molecule has 0 radical (unpaired) electrons. The number of sulfonamides is 1. The summed E-state index contributed by atoms with van der Waals surface area (Å²) in [4.78, 5) is 12.3. The van der Waals surface area contributed by atoms with Crippen molar-refractivity contribution in [2.45, 2.75) is 39.5 Å². The number of anilines is 1. The van der Waals surface area contributed by atoms with Gasteiger partial charge in [-0.1, -0.05) is 38.1 Å². The number of amides is 1. The molecule has 0 fully saturated rings. The van der Waals surface area contributed by atoms with Gasteiger partial charge < -0.3 is 10.1 Å².